The lowest BCUT2D eigenvalue weighted by atomic mass is 9.96. The smallest absolute Gasteiger partial charge is 0.0979 e. The summed E-state index contributed by atoms with van der Waals surface area (Å²) >= 11 is 0. The highest BCUT2D eigenvalue weighted by Crippen LogP contribution is 2.59. The first kappa shape index (κ1) is 26.2. The van der Waals surface area contributed by atoms with Gasteiger partial charge in [0.15, 0.2) is 0 Å². The van der Waals surface area contributed by atoms with Crippen LogP contribution in [0.4, 0.5) is 0 Å². The van der Waals surface area contributed by atoms with Gasteiger partial charge in [0.25, 0.3) is 0 Å². The van der Waals surface area contributed by atoms with Crippen molar-refractivity contribution in [1.29, 1.82) is 0 Å². The highest BCUT2D eigenvalue weighted by atomic mass is 32.2. The van der Waals surface area contributed by atoms with Gasteiger partial charge in [-0.2, -0.15) is 0 Å². The molecule has 0 fully saturated rings. The summed E-state index contributed by atoms with van der Waals surface area (Å²) in [5.41, 5.74) is 4.89. The molecule has 2 rings (SSSR count). The van der Waals surface area contributed by atoms with E-state index in [0.29, 0.717) is 0 Å². The number of hydrogen-bond acceptors (Lipinski definition) is 1. The van der Waals surface area contributed by atoms with Gasteiger partial charge in [0, 0.05) is 0 Å². The van der Waals surface area contributed by atoms with E-state index in [1.54, 1.807) is 0 Å². The van der Waals surface area contributed by atoms with Crippen LogP contribution in [0.25, 0.3) is 0 Å². The third kappa shape index (κ3) is 6.73. The first-order valence-corrected chi connectivity index (χ1v) is 13.7. The monoisotopic (exact) mass is 459 g/mol. The van der Waals surface area contributed by atoms with Crippen LogP contribution in [0.2, 0.25) is 0 Å². The quantitative estimate of drug-likeness (QED) is 0.473. The molecule has 1 unspecified atom stereocenters. The molecule has 0 saturated carbocycles. The van der Waals surface area contributed by atoms with Gasteiger partial charge in [0.1, 0.15) is 0 Å². The van der Waals surface area contributed by atoms with Crippen molar-refractivity contribution in [2.24, 2.45) is 0 Å². The summed E-state index contributed by atoms with van der Waals surface area (Å²) in [5.74, 6) is 0. The molecule has 0 radical (unpaired) electrons. The van der Waals surface area contributed by atoms with Gasteiger partial charge in [-0.3, -0.25) is 0 Å². The van der Waals surface area contributed by atoms with Crippen LogP contribution in [-0.2, 0) is 11.0 Å². The van der Waals surface area contributed by atoms with Gasteiger partial charge in [0.2, 0.25) is 0 Å². The van der Waals surface area contributed by atoms with Crippen molar-refractivity contribution in [3.05, 3.63) is 64.7 Å². The van der Waals surface area contributed by atoms with E-state index >= 15 is 0 Å². The molecule has 0 aliphatic rings. The van der Waals surface area contributed by atoms with E-state index in [9.17, 15) is 4.21 Å². The lowest BCUT2D eigenvalue weighted by molar-refractivity contribution is 0.623. The first-order chi connectivity index (χ1) is 14.0. The molecule has 2 atom stereocenters. The van der Waals surface area contributed by atoms with E-state index in [-0.39, 0.29) is 21.1 Å². The van der Waals surface area contributed by atoms with E-state index in [2.05, 4.69) is 103 Å². The molecule has 0 saturated heterocycles. The predicted molar refractivity (Wildman–Crippen MR) is 141 cm³/mol. The predicted octanol–water partition coefficient (Wildman–Crippen LogP) is 7.15. The van der Waals surface area contributed by atoms with E-state index in [4.69, 9.17) is 0 Å². The molecule has 2 aromatic carbocycles. The second kappa shape index (κ2) is 9.46. The molecule has 0 bridgehead atoms. The molecular weight excluding hydrogens is 417 g/mol. The van der Waals surface area contributed by atoms with Crippen LogP contribution in [0, 0.1) is 13.8 Å². The molecule has 1 N–H and O–H groups in total. The van der Waals surface area contributed by atoms with E-state index in [1.165, 1.54) is 27.6 Å². The van der Waals surface area contributed by atoms with Crippen LogP contribution >= 0.6 is 7.92 Å². The number of benzene rings is 2. The fraction of sp³-hybridized carbons (Fsp3) is 0.556. The lowest BCUT2D eigenvalue weighted by Crippen LogP contribution is -2.39. The zero-order valence-corrected chi connectivity index (χ0v) is 23.1. The minimum absolute atomic E-state index is 0.121. The van der Waals surface area contributed by atoms with Gasteiger partial charge in [0.05, 0.1) is 21.8 Å². The standard InChI is InChI=1S/C27H42NOPS/c1-19-16-20(2)18-21(17-19)24(28-31(29)27(9,10)11)22-14-12-13-15-23(22)30(25(3,4)5)26(6,7)8/h12-18,24,28H,1-11H3/t24-,31?/m0/s1. The van der Waals surface area contributed by atoms with Crippen LogP contribution in [-0.4, -0.2) is 19.3 Å². The molecule has 31 heavy (non-hydrogen) atoms. The second-order valence-electron chi connectivity index (χ2n) is 11.6. The van der Waals surface area contributed by atoms with E-state index in [1.807, 2.05) is 20.8 Å². The van der Waals surface area contributed by atoms with Crippen LogP contribution in [0.1, 0.15) is 90.6 Å². The molecule has 0 amide bonds. The summed E-state index contributed by atoms with van der Waals surface area (Å²) in [6.07, 6.45) is 0. The number of rotatable bonds is 5. The number of hydrogen-bond donors (Lipinski definition) is 1. The Bertz CT molecular complexity index is 897. The maximum Gasteiger partial charge on any atom is 0.0979 e. The van der Waals surface area contributed by atoms with Crippen molar-refractivity contribution < 1.29 is 4.21 Å². The second-order valence-corrected chi connectivity index (χ2v) is 17.4. The molecule has 0 heterocycles. The van der Waals surface area contributed by atoms with Crippen LogP contribution in [0.3, 0.4) is 0 Å². The Balaban J connectivity index is 2.77. The maximum atomic E-state index is 13.3. The third-order valence-corrected chi connectivity index (χ3v) is 10.3. The topological polar surface area (TPSA) is 29.1 Å². The highest BCUT2D eigenvalue weighted by molar-refractivity contribution is 7.84. The van der Waals surface area contributed by atoms with Crippen LogP contribution in [0.5, 0.6) is 0 Å². The minimum Gasteiger partial charge on any atom is -0.242 e. The summed E-state index contributed by atoms with van der Waals surface area (Å²) in [7, 11) is -1.68. The number of aryl methyl sites for hydroxylation is 2. The fourth-order valence-corrected chi connectivity index (χ4v) is 9.42. The molecular formula is C27H42NOPS. The summed E-state index contributed by atoms with van der Waals surface area (Å²) in [4.78, 5) is 0. The average Bonchev–Trinajstić information content (AvgIpc) is 2.56. The summed E-state index contributed by atoms with van der Waals surface area (Å²) < 4.78 is 16.5. The van der Waals surface area contributed by atoms with Crippen molar-refractivity contribution in [1.82, 2.24) is 4.72 Å². The van der Waals surface area contributed by atoms with Crippen molar-refractivity contribution in [3.63, 3.8) is 0 Å². The van der Waals surface area contributed by atoms with Gasteiger partial charge in [-0.25, -0.2) is 8.93 Å². The summed E-state index contributed by atoms with van der Waals surface area (Å²) in [5, 5.41) is 1.71. The van der Waals surface area contributed by atoms with Gasteiger partial charge in [-0.1, -0.05) is 103 Å². The van der Waals surface area contributed by atoms with Gasteiger partial charge >= 0.3 is 0 Å². The zero-order valence-electron chi connectivity index (χ0n) is 21.4. The average molecular weight is 460 g/mol. The zero-order chi connectivity index (χ0) is 23.8. The lowest BCUT2D eigenvalue weighted by Gasteiger charge is -2.43. The Kier molecular flexibility index (Phi) is 8.00. The Labute approximate surface area is 195 Å². The first-order valence-electron chi connectivity index (χ1n) is 11.2. The molecule has 172 valence electrons. The molecule has 0 aliphatic heterocycles. The Morgan fingerprint density at radius 1 is 0.806 bits per heavy atom. The third-order valence-electron chi connectivity index (χ3n) is 5.19. The maximum absolute atomic E-state index is 13.3. The fourth-order valence-electron chi connectivity index (χ4n) is 4.44. The molecule has 0 aromatic heterocycles. The minimum atomic E-state index is -1.19. The van der Waals surface area contributed by atoms with E-state index in [0.717, 1.165) is 0 Å². The van der Waals surface area contributed by atoms with Crippen molar-refractivity contribution in [2.75, 3.05) is 0 Å². The summed E-state index contributed by atoms with van der Waals surface area (Å²) in [6, 6.07) is 15.4. The van der Waals surface area contributed by atoms with Crippen molar-refractivity contribution >= 4 is 24.2 Å². The molecule has 0 aliphatic carbocycles. The normalized spacial score (nSPS) is 15.2. The van der Waals surface area contributed by atoms with Crippen LogP contribution in [0.15, 0.2) is 42.5 Å². The van der Waals surface area contributed by atoms with Crippen molar-refractivity contribution in [3.8, 4) is 0 Å². The van der Waals surface area contributed by atoms with Crippen molar-refractivity contribution in [2.45, 2.75) is 97.3 Å². The largest absolute Gasteiger partial charge is 0.242 e. The Hall–Kier alpha value is -1.02. The molecule has 2 nitrogen and oxygen atoms in total. The van der Waals surface area contributed by atoms with Gasteiger partial charge in [-0.15, -0.1) is 0 Å². The Morgan fingerprint density at radius 2 is 1.29 bits per heavy atom. The molecule has 2 aromatic rings. The number of nitrogens with one attached hydrogen (secondary N) is 1. The highest BCUT2D eigenvalue weighted by Gasteiger charge is 2.38. The summed E-state index contributed by atoms with van der Waals surface area (Å²) in [6.45, 7) is 24.5. The Morgan fingerprint density at radius 3 is 1.74 bits per heavy atom. The molecule has 0 spiro atoms. The van der Waals surface area contributed by atoms with E-state index < -0.39 is 18.9 Å². The SMILES string of the molecule is Cc1cc(C)cc([C@H](NS(=O)C(C)(C)C)c2ccccc2P(C(C)(C)C)C(C)(C)C)c1. The molecule has 4 heteroatoms. The van der Waals surface area contributed by atoms with Gasteiger partial charge < -0.3 is 0 Å². The van der Waals surface area contributed by atoms with Crippen LogP contribution < -0.4 is 10.0 Å². The van der Waals surface area contributed by atoms with Gasteiger partial charge in [-0.05, 0) is 61.4 Å².